The number of anilines is 2. The molecular formula is C17H22N2Si. The van der Waals surface area contributed by atoms with Crippen LogP contribution in [0.15, 0.2) is 72.9 Å². The van der Waals surface area contributed by atoms with Crippen LogP contribution in [0, 0.1) is 0 Å². The molecule has 0 saturated heterocycles. The average Bonchev–Trinajstić information content (AvgIpc) is 2.53. The molecule has 0 atom stereocenters. The summed E-state index contributed by atoms with van der Waals surface area (Å²) in [5.74, 6) is 0.386. The molecule has 0 saturated carbocycles. The Bertz CT molecular complexity index is 482. The fourth-order valence-corrected chi connectivity index (χ4v) is 3.75. The topological polar surface area (TPSA) is 6.48 Å². The van der Waals surface area contributed by atoms with Crippen LogP contribution in [-0.2, 0) is 0 Å². The zero-order valence-electron chi connectivity index (χ0n) is 12.2. The van der Waals surface area contributed by atoms with Gasteiger partial charge in [0.1, 0.15) is 0 Å². The number of para-hydroxylation sites is 2. The van der Waals surface area contributed by atoms with Crippen molar-refractivity contribution in [1.29, 1.82) is 0 Å². The molecule has 0 aliphatic rings. The molecular weight excluding hydrogens is 260 g/mol. The number of nitrogens with zero attached hydrogens (tertiary/aromatic N) is 2. The zero-order valence-corrected chi connectivity index (χ0v) is 13.7. The summed E-state index contributed by atoms with van der Waals surface area (Å²) in [6.45, 7) is 3.96. The molecule has 0 aromatic heterocycles. The first-order chi connectivity index (χ1) is 9.74. The quantitative estimate of drug-likeness (QED) is 0.594. The molecule has 104 valence electrons. The van der Waals surface area contributed by atoms with Crippen molar-refractivity contribution in [3.63, 3.8) is 0 Å². The highest BCUT2D eigenvalue weighted by molar-refractivity contribution is 6.45. The molecule has 2 aromatic carbocycles. The Balaban J connectivity index is 2.24. The normalized spacial score (nSPS) is 10.9. The van der Waals surface area contributed by atoms with E-state index in [1.54, 1.807) is 0 Å². The van der Waals surface area contributed by atoms with Crippen molar-refractivity contribution in [2.45, 2.75) is 5.79 Å². The third-order valence-corrected chi connectivity index (χ3v) is 5.45. The van der Waals surface area contributed by atoms with Gasteiger partial charge in [-0.05, 0) is 24.3 Å². The molecule has 0 aliphatic carbocycles. The molecule has 0 N–H and O–H groups in total. The van der Waals surface area contributed by atoms with E-state index < -0.39 is 9.52 Å². The molecule has 0 unspecified atom stereocenters. The van der Waals surface area contributed by atoms with E-state index in [1.165, 1.54) is 11.4 Å². The van der Waals surface area contributed by atoms with Crippen LogP contribution in [0.4, 0.5) is 11.4 Å². The Hall–Kier alpha value is -2.00. The van der Waals surface area contributed by atoms with Gasteiger partial charge in [0, 0.05) is 25.5 Å². The lowest BCUT2D eigenvalue weighted by Crippen LogP contribution is -2.49. The summed E-state index contributed by atoms with van der Waals surface area (Å²) in [7, 11) is 3.89. The first-order valence-corrected chi connectivity index (χ1v) is 8.54. The molecule has 0 amide bonds. The summed E-state index contributed by atoms with van der Waals surface area (Å²) in [6, 6.07) is 21.1. The van der Waals surface area contributed by atoms with Crippen molar-refractivity contribution in [1.82, 2.24) is 0 Å². The van der Waals surface area contributed by atoms with Gasteiger partial charge in [0.2, 0.25) is 0 Å². The van der Waals surface area contributed by atoms with Crippen LogP contribution < -0.4 is 9.80 Å². The monoisotopic (exact) mass is 282 g/mol. The summed E-state index contributed by atoms with van der Waals surface area (Å²) in [4.78, 5) is 4.70. The average molecular weight is 282 g/mol. The second-order valence-electron chi connectivity index (χ2n) is 4.90. The molecule has 0 heterocycles. The highest BCUT2D eigenvalue weighted by Gasteiger charge is 2.19. The molecule has 0 spiro atoms. The molecule has 0 aliphatic heterocycles. The molecule has 2 rings (SSSR count). The Morgan fingerprint density at radius 1 is 0.850 bits per heavy atom. The van der Waals surface area contributed by atoms with Crippen molar-refractivity contribution in [2.24, 2.45) is 0 Å². The van der Waals surface area contributed by atoms with Gasteiger partial charge in [-0.3, -0.25) is 0 Å². The second-order valence-corrected chi connectivity index (χ2v) is 6.68. The van der Waals surface area contributed by atoms with Crippen molar-refractivity contribution in [3.05, 3.63) is 72.9 Å². The van der Waals surface area contributed by atoms with Crippen molar-refractivity contribution >= 4 is 20.9 Å². The van der Waals surface area contributed by atoms with Gasteiger partial charge in [0.15, 0.2) is 0 Å². The summed E-state index contributed by atoms with van der Waals surface area (Å²) in [6.07, 6.45) is 0. The third-order valence-electron chi connectivity index (χ3n) is 3.60. The van der Waals surface area contributed by atoms with E-state index in [0.717, 1.165) is 0 Å². The number of hydrogen-bond donors (Lipinski definition) is 0. The van der Waals surface area contributed by atoms with E-state index in [9.17, 15) is 0 Å². The third kappa shape index (κ3) is 3.30. The van der Waals surface area contributed by atoms with Crippen LogP contribution in [0.2, 0.25) is 0 Å². The van der Waals surface area contributed by atoms with Gasteiger partial charge in [0.05, 0.1) is 15.3 Å². The molecule has 2 nitrogen and oxygen atoms in total. The lowest BCUT2D eigenvalue weighted by Gasteiger charge is -2.37. The zero-order chi connectivity index (χ0) is 14.4. The van der Waals surface area contributed by atoms with Crippen molar-refractivity contribution in [3.8, 4) is 0 Å². The van der Waals surface area contributed by atoms with Crippen LogP contribution >= 0.6 is 0 Å². The van der Waals surface area contributed by atoms with Gasteiger partial charge in [-0.2, -0.15) is 0 Å². The van der Waals surface area contributed by atoms with Gasteiger partial charge >= 0.3 is 0 Å². The van der Waals surface area contributed by atoms with Crippen molar-refractivity contribution < 1.29 is 0 Å². The van der Waals surface area contributed by atoms with E-state index in [1.807, 2.05) is 0 Å². The Labute approximate surface area is 124 Å². The number of benzene rings is 2. The first-order valence-electron chi connectivity index (χ1n) is 6.90. The Kier molecular flexibility index (Phi) is 5.01. The predicted octanol–water partition coefficient (Wildman–Crippen LogP) is 2.86. The lowest BCUT2D eigenvalue weighted by atomic mass is 10.3. The van der Waals surface area contributed by atoms with E-state index >= 15 is 0 Å². The Morgan fingerprint density at radius 2 is 1.25 bits per heavy atom. The molecule has 2 aromatic rings. The first kappa shape index (κ1) is 14.4. The SMILES string of the molecule is C=C[SiH2]C(N(C)c1ccccc1)N(C)c1ccccc1. The van der Waals surface area contributed by atoms with E-state index in [4.69, 9.17) is 0 Å². The molecule has 0 radical (unpaired) electrons. The van der Waals surface area contributed by atoms with Gasteiger partial charge < -0.3 is 9.80 Å². The van der Waals surface area contributed by atoms with Gasteiger partial charge in [-0.1, -0.05) is 36.4 Å². The van der Waals surface area contributed by atoms with Crippen LogP contribution in [0.5, 0.6) is 0 Å². The summed E-state index contributed by atoms with van der Waals surface area (Å²) in [5.41, 5.74) is 4.60. The van der Waals surface area contributed by atoms with Gasteiger partial charge in [-0.15, -0.1) is 12.3 Å². The molecule has 0 bridgehead atoms. The van der Waals surface area contributed by atoms with E-state index in [2.05, 4.69) is 96.8 Å². The molecule has 20 heavy (non-hydrogen) atoms. The van der Waals surface area contributed by atoms with E-state index in [0.29, 0.717) is 5.79 Å². The van der Waals surface area contributed by atoms with E-state index in [-0.39, 0.29) is 0 Å². The highest BCUT2D eigenvalue weighted by atomic mass is 28.2. The fourth-order valence-electron chi connectivity index (χ4n) is 2.40. The predicted molar refractivity (Wildman–Crippen MR) is 92.2 cm³/mol. The maximum Gasteiger partial charge on any atom is 0.0962 e. The van der Waals surface area contributed by atoms with Crippen LogP contribution in [0.3, 0.4) is 0 Å². The maximum atomic E-state index is 3.96. The molecule has 3 heteroatoms. The van der Waals surface area contributed by atoms with Gasteiger partial charge in [0.25, 0.3) is 0 Å². The second kappa shape index (κ2) is 6.96. The number of rotatable bonds is 6. The van der Waals surface area contributed by atoms with Gasteiger partial charge in [-0.25, -0.2) is 0 Å². The largest absolute Gasteiger partial charge is 0.358 e. The standard InChI is InChI=1S/C17H22N2Si/c1-4-20-17(18(2)15-11-7-5-8-12-15)19(3)16-13-9-6-10-14-16/h4-14,17H,1,20H2,2-3H3. The fraction of sp³-hybridized carbons (Fsp3) is 0.176. The smallest absolute Gasteiger partial charge is 0.0962 e. The minimum atomic E-state index is -0.431. The van der Waals surface area contributed by atoms with Crippen LogP contribution in [0.1, 0.15) is 0 Å². The summed E-state index contributed by atoms with van der Waals surface area (Å²) in [5, 5.41) is 0. The summed E-state index contributed by atoms with van der Waals surface area (Å²) >= 11 is 0. The Morgan fingerprint density at radius 3 is 1.60 bits per heavy atom. The highest BCUT2D eigenvalue weighted by Crippen LogP contribution is 2.20. The summed E-state index contributed by atoms with van der Waals surface area (Å²) < 4.78 is 0. The lowest BCUT2D eigenvalue weighted by molar-refractivity contribution is 0.784. The van der Waals surface area contributed by atoms with Crippen molar-refractivity contribution in [2.75, 3.05) is 23.9 Å². The minimum absolute atomic E-state index is 0.386. The molecule has 0 fully saturated rings. The number of hydrogen-bond acceptors (Lipinski definition) is 2. The van der Waals surface area contributed by atoms with Crippen LogP contribution in [0.25, 0.3) is 0 Å². The minimum Gasteiger partial charge on any atom is -0.358 e. The maximum absolute atomic E-state index is 3.96. The van der Waals surface area contributed by atoms with Crippen LogP contribution in [-0.4, -0.2) is 29.4 Å².